The van der Waals surface area contributed by atoms with E-state index in [0.29, 0.717) is 0 Å². The first-order valence-electron chi connectivity index (χ1n) is 8.44. The van der Waals surface area contributed by atoms with Gasteiger partial charge in [-0.25, -0.2) is 17.6 Å². The van der Waals surface area contributed by atoms with Crippen molar-refractivity contribution >= 4 is 27.6 Å². The van der Waals surface area contributed by atoms with Gasteiger partial charge in [0, 0.05) is 0 Å². The molecule has 2 aromatic carbocycles. The van der Waals surface area contributed by atoms with Gasteiger partial charge in [-0.1, -0.05) is 0 Å². The van der Waals surface area contributed by atoms with E-state index in [-0.39, 0.29) is 28.5 Å². The van der Waals surface area contributed by atoms with Gasteiger partial charge in [-0.3, -0.25) is 9.10 Å². The first-order chi connectivity index (χ1) is 13.7. The van der Waals surface area contributed by atoms with Gasteiger partial charge in [0.2, 0.25) is 0 Å². The Kier molecular flexibility index (Phi) is 7.16. The molecule has 0 spiro atoms. The molecule has 0 fully saturated rings. The number of carbonyl (C=O) groups is 2. The molecule has 10 heteroatoms. The van der Waals surface area contributed by atoms with Crippen molar-refractivity contribution < 1.29 is 36.6 Å². The lowest BCUT2D eigenvalue weighted by atomic mass is 10.2. The van der Waals surface area contributed by atoms with Gasteiger partial charge < -0.3 is 14.2 Å². The van der Waals surface area contributed by atoms with E-state index in [2.05, 4.69) is 4.74 Å². The minimum absolute atomic E-state index is 0.0607. The number of esters is 2. The Hall–Kier alpha value is -3.14. The summed E-state index contributed by atoms with van der Waals surface area (Å²) < 4.78 is 55.3. The van der Waals surface area contributed by atoms with Crippen LogP contribution in [0.1, 0.15) is 17.3 Å². The number of anilines is 1. The van der Waals surface area contributed by atoms with E-state index in [1.807, 2.05) is 0 Å². The molecule has 0 saturated heterocycles. The van der Waals surface area contributed by atoms with E-state index in [1.165, 1.54) is 44.6 Å². The van der Waals surface area contributed by atoms with E-state index in [1.54, 1.807) is 6.92 Å². The van der Waals surface area contributed by atoms with Crippen molar-refractivity contribution in [2.24, 2.45) is 0 Å². The summed E-state index contributed by atoms with van der Waals surface area (Å²) in [7, 11) is -1.87. The topological polar surface area (TPSA) is 99.2 Å². The fourth-order valence-electron chi connectivity index (χ4n) is 2.46. The van der Waals surface area contributed by atoms with Crippen LogP contribution in [0.25, 0.3) is 0 Å². The van der Waals surface area contributed by atoms with E-state index in [9.17, 15) is 22.4 Å². The van der Waals surface area contributed by atoms with Crippen molar-refractivity contribution in [1.82, 2.24) is 0 Å². The monoisotopic (exact) mass is 425 g/mol. The third-order valence-electron chi connectivity index (χ3n) is 3.87. The molecular weight excluding hydrogens is 405 g/mol. The first kappa shape index (κ1) is 22.2. The predicted molar refractivity (Wildman–Crippen MR) is 102 cm³/mol. The highest BCUT2D eigenvalue weighted by Gasteiger charge is 2.29. The Balaban J connectivity index is 2.50. The molecule has 0 amide bonds. The molecule has 0 bridgehead atoms. The summed E-state index contributed by atoms with van der Waals surface area (Å²) in [6, 6.07) is 8.51. The number of carbonyl (C=O) groups excluding carboxylic acids is 2. The van der Waals surface area contributed by atoms with Crippen LogP contribution < -0.4 is 9.04 Å². The smallest absolute Gasteiger partial charge is 0.337 e. The molecule has 0 heterocycles. The lowest BCUT2D eigenvalue weighted by Gasteiger charge is -2.24. The van der Waals surface area contributed by atoms with Gasteiger partial charge in [0.15, 0.2) is 11.6 Å². The van der Waals surface area contributed by atoms with Crippen LogP contribution in [-0.4, -0.2) is 47.7 Å². The fourth-order valence-corrected chi connectivity index (χ4v) is 3.88. The largest absolute Gasteiger partial charge is 0.494 e. The zero-order chi connectivity index (χ0) is 21.6. The van der Waals surface area contributed by atoms with E-state index in [0.717, 1.165) is 16.4 Å². The Morgan fingerprint density at radius 3 is 2.24 bits per heavy atom. The van der Waals surface area contributed by atoms with Gasteiger partial charge in [0.1, 0.15) is 6.54 Å². The highest BCUT2D eigenvalue weighted by molar-refractivity contribution is 7.92. The minimum Gasteiger partial charge on any atom is -0.494 e. The lowest BCUT2D eigenvalue weighted by molar-refractivity contribution is -0.141. The Bertz CT molecular complexity index is 990. The number of methoxy groups -OCH3 is 2. The van der Waals surface area contributed by atoms with Crippen molar-refractivity contribution in [2.75, 3.05) is 31.7 Å². The van der Waals surface area contributed by atoms with E-state index < -0.39 is 34.3 Å². The molecule has 2 aromatic rings. The lowest BCUT2D eigenvalue weighted by Crippen LogP contribution is -2.36. The third-order valence-corrected chi connectivity index (χ3v) is 5.64. The number of hydrogen-bond donors (Lipinski definition) is 0. The molecule has 0 unspecified atom stereocenters. The molecule has 2 rings (SSSR count). The quantitative estimate of drug-likeness (QED) is 0.599. The highest BCUT2D eigenvalue weighted by atomic mass is 32.2. The van der Waals surface area contributed by atoms with Crippen LogP contribution >= 0.6 is 0 Å². The number of rotatable bonds is 8. The predicted octanol–water partition coefficient (Wildman–Crippen LogP) is 2.38. The molecule has 0 aliphatic carbocycles. The van der Waals surface area contributed by atoms with Gasteiger partial charge in [0.25, 0.3) is 10.0 Å². The maximum absolute atomic E-state index is 14.1. The molecule has 0 aromatic heterocycles. The number of hydrogen-bond acceptors (Lipinski definition) is 7. The normalized spacial score (nSPS) is 10.9. The maximum atomic E-state index is 14.1. The standard InChI is InChI=1S/C19H20FNO7S/c1-4-28-18(22)12-21(14-7-5-13(6-8-14)19(23)27-3)29(24,25)15-9-10-17(26-2)16(20)11-15/h5-11H,4,12H2,1-3H3. The summed E-state index contributed by atoms with van der Waals surface area (Å²) in [5.41, 5.74) is 0.280. The first-order valence-corrected chi connectivity index (χ1v) is 9.88. The molecule has 29 heavy (non-hydrogen) atoms. The van der Waals surface area contributed by atoms with Crippen LogP contribution in [0.15, 0.2) is 47.4 Å². The van der Waals surface area contributed by atoms with Gasteiger partial charge in [-0.05, 0) is 49.4 Å². The van der Waals surface area contributed by atoms with Crippen LogP contribution in [0, 0.1) is 5.82 Å². The summed E-state index contributed by atoms with van der Waals surface area (Å²) in [5.74, 6) is -2.38. The molecule has 0 aliphatic heterocycles. The second-order valence-electron chi connectivity index (χ2n) is 5.65. The van der Waals surface area contributed by atoms with Crippen molar-refractivity contribution in [2.45, 2.75) is 11.8 Å². The number of sulfonamides is 1. The van der Waals surface area contributed by atoms with Crippen LogP contribution in [0.3, 0.4) is 0 Å². The SMILES string of the molecule is CCOC(=O)CN(c1ccc(C(=O)OC)cc1)S(=O)(=O)c1ccc(OC)c(F)c1. The molecule has 0 radical (unpaired) electrons. The van der Waals surface area contributed by atoms with Gasteiger partial charge in [0.05, 0.1) is 37.0 Å². The summed E-state index contributed by atoms with van der Waals surface area (Å²) in [4.78, 5) is 23.2. The Labute approximate surface area is 167 Å². The number of nitrogens with zero attached hydrogens (tertiary/aromatic N) is 1. The van der Waals surface area contributed by atoms with Crippen molar-refractivity contribution in [1.29, 1.82) is 0 Å². The van der Waals surface area contributed by atoms with Crippen molar-refractivity contribution in [3.8, 4) is 5.75 Å². The summed E-state index contributed by atoms with van der Waals surface area (Å²) in [6.45, 7) is 1.01. The summed E-state index contributed by atoms with van der Waals surface area (Å²) in [5, 5.41) is 0. The number of ether oxygens (including phenoxy) is 3. The zero-order valence-corrected chi connectivity index (χ0v) is 16.9. The number of halogens is 1. The minimum atomic E-state index is -4.33. The fraction of sp³-hybridized carbons (Fsp3) is 0.263. The van der Waals surface area contributed by atoms with Crippen LogP contribution in [0.5, 0.6) is 5.75 Å². The van der Waals surface area contributed by atoms with Crippen molar-refractivity contribution in [3.63, 3.8) is 0 Å². The maximum Gasteiger partial charge on any atom is 0.337 e. The van der Waals surface area contributed by atoms with E-state index >= 15 is 0 Å². The molecule has 0 atom stereocenters. The van der Waals surface area contributed by atoms with Crippen molar-refractivity contribution in [3.05, 3.63) is 53.8 Å². The zero-order valence-electron chi connectivity index (χ0n) is 16.0. The summed E-state index contributed by atoms with van der Waals surface area (Å²) in [6.07, 6.45) is 0. The van der Waals surface area contributed by atoms with Crippen LogP contribution in [0.4, 0.5) is 10.1 Å². The van der Waals surface area contributed by atoms with Gasteiger partial charge in [-0.15, -0.1) is 0 Å². The average molecular weight is 425 g/mol. The molecule has 0 aliphatic rings. The molecule has 0 saturated carbocycles. The highest BCUT2D eigenvalue weighted by Crippen LogP contribution is 2.27. The van der Waals surface area contributed by atoms with Gasteiger partial charge >= 0.3 is 11.9 Å². The van der Waals surface area contributed by atoms with E-state index in [4.69, 9.17) is 9.47 Å². The second-order valence-corrected chi connectivity index (χ2v) is 7.51. The summed E-state index contributed by atoms with van der Waals surface area (Å²) >= 11 is 0. The molecular formula is C19H20FNO7S. The Morgan fingerprint density at radius 2 is 1.72 bits per heavy atom. The molecule has 156 valence electrons. The van der Waals surface area contributed by atoms with Crippen LogP contribution in [-0.2, 0) is 24.3 Å². The van der Waals surface area contributed by atoms with Gasteiger partial charge in [-0.2, -0.15) is 0 Å². The average Bonchev–Trinajstić information content (AvgIpc) is 2.71. The number of benzene rings is 2. The van der Waals surface area contributed by atoms with Crippen LogP contribution in [0.2, 0.25) is 0 Å². The molecule has 8 nitrogen and oxygen atoms in total. The Morgan fingerprint density at radius 1 is 1.07 bits per heavy atom. The second kappa shape index (κ2) is 9.37. The molecule has 0 N–H and O–H groups in total. The third kappa shape index (κ3) is 5.02.